The summed E-state index contributed by atoms with van der Waals surface area (Å²) in [4.78, 5) is 14.4. The second-order valence-electron chi connectivity index (χ2n) is 6.61. The van der Waals surface area contributed by atoms with Crippen LogP contribution in [0.4, 0.5) is 4.39 Å². The Morgan fingerprint density at radius 3 is 2.33 bits per heavy atom. The molecule has 0 aliphatic carbocycles. The van der Waals surface area contributed by atoms with Crippen molar-refractivity contribution >= 4 is 39.1 Å². The smallest absolute Gasteiger partial charge is 0.283 e. The van der Waals surface area contributed by atoms with Gasteiger partial charge in [0.2, 0.25) is 0 Å². The highest BCUT2D eigenvalue weighted by Gasteiger charge is 2.26. The van der Waals surface area contributed by atoms with Crippen LogP contribution in [0.3, 0.4) is 0 Å². The molecule has 1 aromatic heterocycles. The van der Waals surface area contributed by atoms with Crippen LogP contribution in [0.1, 0.15) is 23.3 Å². The van der Waals surface area contributed by atoms with E-state index < -0.39 is 15.8 Å². The van der Waals surface area contributed by atoms with E-state index >= 15 is 0 Å². The Labute approximate surface area is 181 Å². The third-order valence-corrected chi connectivity index (χ3v) is 7.11. The Morgan fingerprint density at radius 2 is 1.70 bits per heavy atom. The molecule has 0 unspecified atom stereocenters. The number of benzene rings is 2. The molecule has 2 heterocycles. The molecule has 0 radical (unpaired) electrons. The van der Waals surface area contributed by atoms with Crippen LogP contribution < -0.4 is 4.67 Å². The number of aromatic nitrogens is 2. The van der Waals surface area contributed by atoms with Gasteiger partial charge < -0.3 is 4.90 Å². The van der Waals surface area contributed by atoms with Gasteiger partial charge in [-0.1, -0.05) is 11.6 Å². The summed E-state index contributed by atoms with van der Waals surface area (Å²) in [7, 11) is -4.16. The summed E-state index contributed by atoms with van der Waals surface area (Å²) in [6.45, 7) is 1.17. The molecular weight excluding hydrogens is 451 g/mol. The third kappa shape index (κ3) is 4.30. The number of amides is 1. The Hall–Kier alpha value is -2.56. The Morgan fingerprint density at radius 1 is 1.07 bits per heavy atom. The highest BCUT2D eigenvalue weighted by Crippen LogP contribution is 2.17. The fourth-order valence-electron chi connectivity index (χ4n) is 2.99. The van der Waals surface area contributed by atoms with E-state index in [1.165, 1.54) is 4.07 Å². The predicted octanol–water partition coefficient (Wildman–Crippen LogP) is 3.25. The molecule has 1 saturated heterocycles. The second-order valence-corrected chi connectivity index (χ2v) is 9.57. The van der Waals surface area contributed by atoms with Crippen LogP contribution in [0.15, 0.2) is 57.8 Å². The van der Waals surface area contributed by atoms with Crippen molar-refractivity contribution in [3.63, 3.8) is 0 Å². The lowest BCUT2D eigenvalue weighted by molar-refractivity contribution is 0.0785. The molecule has 4 rings (SSSR count). The van der Waals surface area contributed by atoms with Crippen molar-refractivity contribution in [3.8, 4) is 5.69 Å². The molecular formula is C19H16ClFN4O3S2. The van der Waals surface area contributed by atoms with Crippen LogP contribution >= 0.6 is 23.1 Å². The van der Waals surface area contributed by atoms with Gasteiger partial charge in [-0.2, -0.15) is 12.5 Å². The van der Waals surface area contributed by atoms with E-state index in [4.69, 9.17) is 11.6 Å². The van der Waals surface area contributed by atoms with Crippen LogP contribution in [0.25, 0.3) is 5.69 Å². The molecule has 0 bridgehead atoms. The van der Waals surface area contributed by atoms with Crippen LogP contribution in [-0.4, -0.2) is 41.5 Å². The first-order valence-electron chi connectivity index (χ1n) is 9.06. The summed E-state index contributed by atoms with van der Waals surface area (Å²) >= 11 is 6.85. The van der Waals surface area contributed by atoms with Gasteiger partial charge in [-0.25, -0.2) is 4.39 Å². The average Bonchev–Trinajstić information content (AvgIpc) is 3.38. The topological polar surface area (TPSA) is 84.6 Å². The van der Waals surface area contributed by atoms with E-state index in [0.29, 0.717) is 23.8 Å². The summed E-state index contributed by atoms with van der Waals surface area (Å²) in [5.74, 6) is -0.929. The minimum absolute atomic E-state index is 0.0359. The zero-order valence-corrected chi connectivity index (χ0v) is 17.9. The van der Waals surface area contributed by atoms with E-state index in [2.05, 4.69) is 9.50 Å². The predicted molar refractivity (Wildman–Crippen MR) is 111 cm³/mol. The Balaban J connectivity index is 1.83. The molecule has 0 spiro atoms. The lowest BCUT2D eigenvalue weighted by Gasteiger charge is -2.12. The Kier molecular flexibility index (Phi) is 5.72. The van der Waals surface area contributed by atoms with Crippen LogP contribution in [-0.2, 0) is 10.0 Å². The largest absolute Gasteiger partial charge is 0.337 e. The number of carbonyl (C=O) groups is 1. The number of carbonyl (C=O) groups excluding carboxylic acids is 1. The van der Waals surface area contributed by atoms with Gasteiger partial charge in [0.25, 0.3) is 15.9 Å². The van der Waals surface area contributed by atoms with Gasteiger partial charge in [-0.05, 0) is 72.9 Å². The maximum absolute atomic E-state index is 13.2. The van der Waals surface area contributed by atoms with Crippen molar-refractivity contribution in [2.75, 3.05) is 13.1 Å². The maximum atomic E-state index is 13.2. The summed E-state index contributed by atoms with van der Waals surface area (Å²) in [6, 6.07) is 11.1. The number of likely N-dealkylation sites (tertiary alicyclic amines) is 1. The van der Waals surface area contributed by atoms with Crippen LogP contribution in [0.5, 0.6) is 0 Å². The SMILES string of the molecule is O=C(c1nn(-c2ccc(Cl)cc2)s/c1=N\S(=O)(=O)c1ccc(F)cc1)N1CCCC1. The normalized spacial score (nSPS) is 15.0. The fourth-order valence-corrected chi connectivity index (χ4v) is 5.16. The Bertz CT molecular complexity index is 1250. The molecule has 2 aromatic carbocycles. The number of halogens is 2. The number of rotatable bonds is 4. The third-order valence-electron chi connectivity index (χ3n) is 4.52. The first kappa shape index (κ1) is 20.7. The van der Waals surface area contributed by atoms with Gasteiger partial charge in [0.15, 0.2) is 10.4 Å². The molecule has 3 aromatic rings. The standard InChI is InChI=1S/C19H16ClFN4O3S2/c20-13-3-7-15(8-4-13)25-22-17(19(26)24-11-1-2-12-24)18(29-25)23-30(27,28)16-9-5-14(21)6-10-16/h3-10H,1-2,11-12H2/b23-18-. The molecule has 1 aliphatic heterocycles. The van der Waals surface area contributed by atoms with Gasteiger partial charge in [-0.3, -0.25) is 4.79 Å². The van der Waals surface area contributed by atoms with E-state index in [0.717, 1.165) is 48.6 Å². The summed E-state index contributed by atoms with van der Waals surface area (Å²) in [6.07, 6.45) is 1.76. The molecule has 11 heteroatoms. The quantitative estimate of drug-likeness (QED) is 0.590. The van der Waals surface area contributed by atoms with Crippen LogP contribution in [0, 0.1) is 5.82 Å². The van der Waals surface area contributed by atoms with Crippen molar-refractivity contribution in [1.82, 2.24) is 14.1 Å². The highest BCUT2D eigenvalue weighted by molar-refractivity contribution is 7.90. The lowest BCUT2D eigenvalue weighted by atomic mass is 10.3. The zero-order chi connectivity index (χ0) is 21.3. The molecule has 7 nitrogen and oxygen atoms in total. The van der Waals surface area contributed by atoms with Crippen molar-refractivity contribution in [2.45, 2.75) is 17.7 Å². The van der Waals surface area contributed by atoms with Gasteiger partial charge in [0, 0.05) is 18.1 Å². The van der Waals surface area contributed by atoms with Gasteiger partial charge >= 0.3 is 0 Å². The molecule has 156 valence electrons. The van der Waals surface area contributed by atoms with E-state index in [1.54, 1.807) is 29.2 Å². The summed E-state index contributed by atoms with van der Waals surface area (Å²) < 4.78 is 43.9. The minimum atomic E-state index is -4.16. The molecule has 0 N–H and O–H groups in total. The number of sulfonamides is 1. The molecule has 0 saturated carbocycles. The van der Waals surface area contributed by atoms with E-state index in [1.807, 2.05) is 0 Å². The summed E-state index contributed by atoms with van der Waals surface area (Å²) in [5.41, 5.74) is 0.572. The minimum Gasteiger partial charge on any atom is -0.337 e. The number of hydrogen-bond donors (Lipinski definition) is 0. The van der Waals surface area contributed by atoms with Crippen molar-refractivity contribution < 1.29 is 17.6 Å². The zero-order valence-electron chi connectivity index (χ0n) is 15.5. The van der Waals surface area contributed by atoms with Crippen molar-refractivity contribution in [1.29, 1.82) is 0 Å². The monoisotopic (exact) mass is 466 g/mol. The second kappa shape index (κ2) is 8.29. The summed E-state index contributed by atoms with van der Waals surface area (Å²) in [5, 5.41) is 4.86. The van der Waals surface area contributed by atoms with Gasteiger partial charge in [0.1, 0.15) is 5.82 Å². The molecule has 1 fully saturated rings. The maximum Gasteiger partial charge on any atom is 0.283 e. The van der Waals surface area contributed by atoms with Gasteiger partial charge in [-0.15, -0.1) is 9.50 Å². The molecule has 0 atom stereocenters. The first-order valence-corrected chi connectivity index (χ1v) is 11.6. The average molecular weight is 467 g/mol. The van der Waals surface area contributed by atoms with Crippen molar-refractivity contribution in [3.05, 3.63) is 69.7 Å². The molecule has 1 amide bonds. The lowest BCUT2D eigenvalue weighted by Crippen LogP contribution is -2.31. The number of nitrogens with zero attached hydrogens (tertiary/aromatic N) is 4. The number of hydrogen-bond acceptors (Lipinski definition) is 5. The molecule has 1 aliphatic rings. The first-order chi connectivity index (χ1) is 14.3. The van der Waals surface area contributed by atoms with E-state index in [-0.39, 0.29) is 21.2 Å². The van der Waals surface area contributed by atoms with Crippen LogP contribution in [0.2, 0.25) is 5.02 Å². The van der Waals surface area contributed by atoms with E-state index in [9.17, 15) is 17.6 Å². The molecule has 30 heavy (non-hydrogen) atoms. The highest BCUT2D eigenvalue weighted by atomic mass is 35.5. The van der Waals surface area contributed by atoms with Crippen molar-refractivity contribution in [2.24, 2.45) is 4.40 Å². The fraction of sp³-hybridized carbons (Fsp3) is 0.211. The van der Waals surface area contributed by atoms with Gasteiger partial charge in [0.05, 0.1) is 10.6 Å².